The van der Waals surface area contributed by atoms with E-state index in [1.54, 1.807) is 0 Å². The zero-order valence-corrected chi connectivity index (χ0v) is 17.0. The van der Waals surface area contributed by atoms with Gasteiger partial charge in [0.15, 0.2) is 0 Å². The highest BCUT2D eigenvalue weighted by molar-refractivity contribution is 6.29. The minimum Gasteiger partial charge on any atom is -0.391 e. The summed E-state index contributed by atoms with van der Waals surface area (Å²) in [5.41, 5.74) is 2.38. The number of pyridine rings is 1. The zero-order chi connectivity index (χ0) is 19.8. The Kier molecular flexibility index (Phi) is 4.98. The first-order chi connectivity index (χ1) is 14.2. The van der Waals surface area contributed by atoms with Crippen molar-refractivity contribution in [2.45, 2.75) is 44.2 Å². The fraction of sp³-hybridized carbons (Fsp3) is 0.333. The van der Waals surface area contributed by atoms with Crippen molar-refractivity contribution in [1.29, 1.82) is 0 Å². The van der Waals surface area contributed by atoms with Gasteiger partial charge >= 0.3 is 0 Å². The molecule has 0 radical (unpaired) electrons. The highest BCUT2D eigenvalue weighted by Gasteiger charge is 2.27. The molecule has 3 aromatic rings. The first-order valence-electron chi connectivity index (χ1n) is 10.3. The number of rotatable bonds is 3. The molecule has 1 N–H and O–H groups in total. The summed E-state index contributed by atoms with van der Waals surface area (Å²) in [5, 5.41) is 15.6. The van der Waals surface area contributed by atoms with Crippen LogP contribution in [0.2, 0.25) is 5.15 Å². The van der Waals surface area contributed by atoms with E-state index in [1.807, 2.05) is 18.3 Å². The third-order valence-corrected chi connectivity index (χ3v) is 6.36. The summed E-state index contributed by atoms with van der Waals surface area (Å²) in [5.74, 6) is 0. The number of aromatic nitrogens is 1. The van der Waals surface area contributed by atoms with E-state index in [-0.39, 0.29) is 12.1 Å². The van der Waals surface area contributed by atoms with Crippen LogP contribution < -0.4 is 10.6 Å². The fourth-order valence-electron chi connectivity index (χ4n) is 4.66. The van der Waals surface area contributed by atoms with Crippen molar-refractivity contribution in [2.24, 2.45) is 4.99 Å². The number of benzene rings is 2. The van der Waals surface area contributed by atoms with Gasteiger partial charge in [0.05, 0.1) is 17.5 Å². The van der Waals surface area contributed by atoms with Gasteiger partial charge in [0.2, 0.25) is 0 Å². The molecule has 1 aliphatic heterocycles. The molecule has 0 unspecified atom stereocenters. The summed E-state index contributed by atoms with van der Waals surface area (Å²) in [6, 6.07) is 14.8. The average molecular weight is 406 g/mol. The largest absolute Gasteiger partial charge is 0.391 e. The maximum atomic E-state index is 10.5. The van der Waals surface area contributed by atoms with Crippen LogP contribution in [0.15, 0.2) is 53.7 Å². The van der Waals surface area contributed by atoms with Crippen LogP contribution >= 0.6 is 11.6 Å². The van der Waals surface area contributed by atoms with Crippen LogP contribution in [-0.2, 0) is 6.42 Å². The number of fused-ring (bicyclic) bond motifs is 3. The molecular weight excluding hydrogens is 382 g/mol. The number of aliphatic hydroxyl groups is 1. The Balaban J connectivity index is 1.60. The standard InChI is InChI=1S/C24H24ClN3O/c25-23-10-9-16(13-26-23)11-17-12-18-14-28(21-7-3-4-8-22(21)29)15-27-24(18)20-6-2-1-5-19(17)20/h1-2,5-6,9-10,12-14,21-22,29H,3-4,7-8,11,15H2/t21-,22-/m0/s1. The summed E-state index contributed by atoms with van der Waals surface area (Å²) in [6.07, 6.45) is 8.77. The maximum Gasteiger partial charge on any atom is 0.129 e. The SMILES string of the molecule is O[C@H]1CCCC[C@@H]1N1C=c2cc(Cc3ccc(Cl)nc3)c3ccccc3c2=NC1. The lowest BCUT2D eigenvalue weighted by atomic mass is 9.91. The van der Waals surface area contributed by atoms with Crippen LogP contribution in [0.5, 0.6) is 0 Å². The van der Waals surface area contributed by atoms with Gasteiger partial charge in [-0.15, -0.1) is 0 Å². The molecular formula is C24H24ClN3O. The molecule has 4 nitrogen and oxygen atoms in total. The first-order valence-corrected chi connectivity index (χ1v) is 10.7. The van der Waals surface area contributed by atoms with Crippen molar-refractivity contribution in [3.05, 3.63) is 75.5 Å². The minimum atomic E-state index is -0.267. The molecule has 1 aromatic heterocycles. The van der Waals surface area contributed by atoms with Gasteiger partial charge in [0, 0.05) is 23.0 Å². The molecule has 1 saturated carbocycles. The Labute approximate surface area is 175 Å². The number of halogens is 1. The topological polar surface area (TPSA) is 48.7 Å². The molecule has 148 valence electrons. The number of hydrogen-bond acceptors (Lipinski definition) is 4. The summed E-state index contributed by atoms with van der Waals surface area (Å²) in [6.45, 7) is 0.610. The quantitative estimate of drug-likeness (QED) is 0.679. The van der Waals surface area contributed by atoms with E-state index in [1.165, 1.54) is 22.8 Å². The van der Waals surface area contributed by atoms with Crippen LogP contribution in [0.1, 0.15) is 36.8 Å². The van der Waals surface area contributed by atoms with Gasteiger partial charge in [-0.25, -0.2) is 4.98 Å². The molecule has 1 aliphatic carbocycles. The van der Waals surface area contributed by atoms with Gasteiger partial charge in [-0.3, -0.25) is 4.99 Å². The van der Waals surface area contributed by atoms with Crippen molar-refractivity contribution in [1.82, 2.24) is 9.88 Å². The Morgan fingerprint density at radius 2 is 1.90 bits per heavy atom. The molecule has 2 aromatic carbocycles. The van der Waals surface area contributed by atoms with Crippen molar-refractivity contribution >= 4 is 28.6 Å². The van der Waals surface area contributed by atoms with Gasteiger partial charge in [-0.05, 0) is 47.9 Å². The van der Waals surface area contributed by atoms with E-state index in [2.05, 4.69) is 46.4 Å². The second kappa shape index (κ2) is 7.77. The molecule has 0 amide bonds. The fourth-order valence-corrected chi connectivity index (χ4v) is 4.77. The van der Waals surface area contributed by atoms with Crippen molar-refractivity contribution < 1.29 is 5.11 Å². The monoisotopic (exact) mass is 405 g/mol. The van der Waals surface area contributed by atoms with Gasteiger partial charge in [-0.1, -0.05) is 54.8 Å². The molecule has 0 spiro atoms. The van der Waals surface area contributed by atoms with Crippen molar-refractivity contribution in [2.75, 3.05) is 6.67 Å². The lowest BCUT2D eigenvalue weighted by Gasteiger charge is -2.37. The Hall–Kier alpha value is -2.43. The predicted octanol–water partition coefficient (Wildman–Crippen LogP) is 3.41. The van der Waals surface area contributed by atoms with Crippen molar-refractivity contribution in [3.63, 3.8) is 0 Å². The van der Waals surface area contributed by atoms with E-state index in [9.17, 15) is 5.11 Å². The highest BCUT2D eigenvalue weighted by atomic mass is 35.5. The Morgan fingerprint density at radius 1 is 1.07 bits per heavy atom. The molecule has 1 fully saturated rings. The van der Waals surface area contributed by atoms with Crippen LogP contribution in [-0.4, -0.2) is 33.8 Å². The van der Waals surface area contributed by atoms with E-state index >= 15 is 0 Å². The van der Waals surface area contributed by atoms with E-state index in [4.69, 9.17) is 16.6 Å². The molecule has 2 heterocycles. The Morgan fingerprint density at radius 3 is 2.69 bits per heavy atom. The number of hydrogen-bond donors (Lipinski definition) is 1. The zero-order valence-electron chi connectivity index (χ0n) is 16.3. The number of aliphatic hydroxyl groups excluding tert-OH is 1. The van der Waals surface area contributed by atoms with Crippen LogP contribution in [0, 0.1) is 0 Å². The van der Waals surface area contributed by atoms with Crippen LogP contribution in [0.25, 0.3) is 17.0 Å². The van der Waals surface area contributed by atoms with Gasteiger partial charge < -0.3 is 10.0 Å². The summed E-state index contributed by atoms with van der Waals surface area (Å²) >= 11 is 5.95. The van der Waals surface area contributed by atoms with E-state index in [0.29, 0.717) is 11.8 Å². The van der Waals surface area contributed by atoms with Gasteiger partial charge in [0.25, 0.3) is 0 Å². The average Bonchev–Trinajstić information content (AvgIpc) is 2.75. The summed E-state index contributed by atoms with van der Waals surface area (Å²) < 4.78 is 0. The smallest absolute Gasteiger partial charge is 0.129 e. The van der Waals surface area contributed by atoms with Gasteiger partial charge in [-0.2, -0.15) is 0 Å². The second-order valence-electron chi connectivity index (χ2n) is 8.05. The molecule has 0 bridgehead atoms. The third kappa shape index (κ3) is 3.63. The van der Waals surface area contributed by atoms with Gasteiger partial charge in [0.1, 0.15) is 11.8 Å². The lowest BCUT2D eigenvalue weighted by Crippen LogP contribution is -2.47. The highest BCUT2D eigenvalue weighted by Crippen LogP contribution is 2.24. The maximum absolute atomic E-state index is 10.5. The number of nitrogens with zero attached hydrogens (tertiary/aromatic N) is 3. The summed E-state index contributed by atoms with van der Waals surface area (Å²) in [4.78, 5) is 11.4. The molecule has 29 heavy (non-hydrogen) atoms. The second-order valence-corrected chi connectivity index (χ2v) is 8.43. The van der Waals surface area contributed by atoms with E-state index in [0.717, 1.165) is 41.8 Å². The van der Waals surface area contributed by atoms with Crippen LogP contribution in [0.4, 0.5) is 0 Å². The summed E-state index contributed by atoms with van der Waals surface area (Å²) in [7, 11) is 0. The molecule has 2 aliphatic rings. The first kappa shape index (κ1) is 18.6. The minimum absolute atomic E-state index is 0.163. The third-order valence-electron chi connectivity index (χ3n) is 6.13. The molecule has 5 rings (SSSR count). The molecule has 0 saturated heterocycles. The molecule has 2 atom stereocenters. The van der Waals surface area contributed by atoms with E-state index < -0.39 is 0 Å². The van der Waals surface area contributed by atoms with Crippen molar-refractivity contribution in [3.8, 4) is 0 Å². The normalized spacial score (nSPS) is 21.4. The Bertz CT molecular complexity index is 1160. The lowest BCUT2D eigenvalue weighted by molar-refractivity contribution is 0.0489. The predicted molar refractivity (Wildman–Crippen MR) is 116 cm³/mol. The van der Waals surface area contributed by atoms with Crippen LogP contribution in [0.3, 0.4) is 0 Å². The molecule has 5 heteroatoms.